The molecule has 2 rings (SSSR count). The lowest BCUT2D eigenvalue weighted by molar-refractivity contribution is 0.234. The molecule has 2 aromatic rings. The molecule has 1 N–H and O–H groups in total. The quantitative estimate of drug-likeness (QED) is 0.888. The van der Waals surface area contributed by atoms with Crippen molar-refractivity contribution in [3.8, 4) is 5.75 Å². The van der Waals surface area contributed by atoms with E-state index in [-0.39, 0.29) is 6.10 Å². The molecule has 0 amide bonds. The van der Waals surface area contributed by atoms with Gasteiger partial charge in [0.25, 0.3) is 0 Å². The van der Waals surface area contributed by atoms with Gasteiger partial charge in [-0.15, -0.1) is 0 Å². The van der Waals surface area contributed by atoms with Gasteiger partial charge in [-0.3, -0.25) is 0 Å². The Balaban J connectivity index is 1.84. The Labute approximate surface area is 116 Å². The minimum Gasteiger partial charge on any atom is -0.489 e. The van der Waals surface area contributed by atoms with Crippen molar-refractivity contribution in [2.75, 3.05) is 11.9 Å². The number of rotatable bonds is 5. The van der Waals surface area contributed by atoms with Crippen LogP contribution in [0.5, 0.6) is 5.75 Å². The number of hydrogen-bond acceptors (Lipinski definition) is 2. The molecular weight excluding hydrogens is 290 g/mol. The lowest BCUT2D eigenvalue weighted by Gasteiger charge is -2.16. The fraction of sp³-hybridized carbons (Fsp3) is 0.200. The summed E-state index contributed by atoms with van der Waals surface area (Å²) in [5.41, 5.74) is 1.11. The lowest BCUT2D eigenvalue weighted by atomic mass is 10.3. The van der Waals surface area contributed by atoms with Gasteiger partial charge in [0, 0.05) is 10.2 Å². The van der Waals surface area contributed by atoms with Crippen LogP contribution in [0.2, 0.25) is 0 Å². The van der Waals surface area contributed by atoms with E-state index in [9.17, 15) is 0 Å². The third-order valence-corrected chi connectivity index (χ3v) is 2.99. The highest BCUT2D eigenvalue weighted by atomic mass is 79.9. The number of ether oxygens (including phenoxy) is 1. The summed E-state index contributed by atoms with van der Waals surface area (Å²) in [6.07, 6.45) is 0.111. The highest BCUT2D eigenvalue weighted by Gasteiger charge is 2.04. The van der Waals surface area contributed by atoms with Crippen LogP contribution in [-0.4, -0.2) is 12.6 Å². The largest absolute Gasteiger partial charge is 0.489 e. The molecule has 2 aromatic carbocycles. The van der Waals surface area contributed by atoms with E-state index in [1.165, 1.54) is 0 Å². The number of benzene rings is 2. The minimum atomic E-state index is 0.111. The van der Waals surface area contributed by atoms with Crippen LogP contribution in [0.3, 0.4) is 0 Å². The van der Waals surface area contributed by atoms with E-state index in [2.05, 4.69) is 28.2 Å². The molecule has 18 heavy (non-hydrogen) atoms. The topological polar surface area (TPSA) is 21.3 Å². The van der Waals surface area contributed by atoms with E-state index >= 15 is 0 Å². The molecule has 0 fully saturated rings. The predicted octanol–water partition coefficient (Wildman–Crippen LogP) is 4.33. The molecule has 0 aromatic heterocycles. The number of hydrogen-bond donors (Lipinski definition) is 1. The third kappa shape index (κ3) is 4.08. The van der Waals surface area contributed by atoms with Crippen molar-refractivity contribution in [3.05, 3.63) is 59.1 Å². The Morgan fingerprint density at radius 2 is 1.89 bits per heavy atom. The first kappa shape index (κ1) is 13.0. The lowest BCUT2D eigenvalue weighted by Crippen LogP contribution is -2.22. The standard InChI is InChI=1S/C15H16BrNO/c1-12(11-17-14-7-3-2-4-8-14)18-15-9-5-6-13(16)10-15/h2-10,12,17H,11H2,1H3. The van der Waals surface area contributed by atoms with Gasteiger partial charge in [-0.25, -0.2) is 0 Å². The van der Waals surface area contributed by atoms with Crippen LogP contribution < -0.4 is 10.1 Å². The van der Waals surface area contributed by atoms with Crippen molar-refractivity contribution in [1.82, 2.24) is 0 Å². The highest BCUT2D eigenvalue weighted by Crippen LogP contribution is 2.19. The van der Waals surface area contributed by atoms with Crippen LogP contribution in [0.1, 0.15) is 6.92 Å². The zero-order valence-electron chi connectivity index (χ0n) is 10.3. The summed E-state index contributed by atoms with van der Waals surface area (Å²) in [7, 11) is 0. The van der Waals surface area contributed by atoms with Crippen molar-refractivity contribution in [3.63, 3.8) is 0 Å². The second kappa shape index (κ2) is 6.45. The van der Waals surface area contributed by atoms with Crippen molar-refractivity contribution in [2.24, 2.45) is 0 Å². The van der Waals surface area contributed by atoms with Crippen LogP contribution in [-0.2, 0) is 0 Å². The Bertz CT molecular complexity index is 487. The van der Waals surface area contributed by atoms with Gasteiger partial charge in [-0.05, 0) is 37.3 Å². The third-order valence-electron chi connectivity index (χ3n) is 2.50. The van der Waals surface area contributed by atoms with Crippen LogP contribution in [0, 0.1) is 0 Å². The van der Waals surface area contributed by atoms with Crippen molar-refractivity contribution < 1.29 is 4.74 Å². The molecule has 1 atom stereocenters. The van der Waals surface area contributed by atoms with E-state index < -0.39 is 0 Å². The summed E-state index contributed by atoms with van der Waals surface area (Å²) in [5, 5.41) is 3.34. The van der Waals surface area contributed by atoms with E-state index in [1.807, 2.05) is 54.6 Å². The van der Waals surface area contributed by atoms with Crippen LogP contribution >= 0.6 is 15.9 Å². The predicted molar refractivity (Wildman–Crippen MR) is 79.2 cm³/mol. The van der Waals surface area contributed by atoms with E-state index in [1.54, 1.807) is 0 Å². The second-order valence-corrected chi connectivity index (χ2v) is 5.05. The molecular formula is C15H16BrNO. The smallest absolute Gasteiger partial charge is 0.120 e. The summed E-state index contributed by atoms with van der Waals surface area (Å²) >= 11 is 3.43. The molecule has 0 saturated heterocycles. The second-order valence-electron chi connectivity index (χ2n) is 4.13. The molecule has 0 spiro atoms. The summed E-state index contributed by atoms with van der Waals surface area (Å²) in [6.45, 7) is 2.83. The zero-order valence-corrected chi connectivity index (χ0v) is 11.9. The molecule has 2 nitrogen and oxygen atoms in total. The summed E-state index contributed by atoms with van der Waals surface area (Å²) in [5.74, 6) is 0.881. The monoisotopic (exact) mass is 305 g/mol. The van der Waals surface area contributed by atoms with Crippen LogP contribution in [0.15, 0.2) is 59.1 Å². The molecule has 0 heterocycles. The first-order valence-corrected chi connectivity index (χ1v) is 6.74. The molecule has 94 valence electrons. The fourth-order valence-electron chi connectivity index (χ4n) is 1.63. The molecule has 0 aliphatic heterocycles. The summed E-state index contributed by atoms with van der Waals surface area (Å²) < 4.78 is 6.86. The average Bonchev–Trinajstić information content (AvgIpc) is 2.38. The number of halogens is 1. The maximum atomic E-state index is 5.82. The Kier molecular flexibility index (Phi) is 4.65. The first-order valence-electron chi connectivity index (χ1n) is 5.95. The first-order chi connectivity index (χ1) is 8.74. The van der Waals surface area contributed by atoms with Crippen LogP contribution in [0.4, 0.5) is 5.69 Å². The van der Waals surface area contributed by atoms with Gasteiger partial charge in [0.2, 0.25) is 0 Å². The van der Waals surface area contributed by atoms with Gasteiger partial charge in [0.05, 0.1) is 6.54 Å². The molecule has 0 saturated carbocycles. The Morgan fingerprint density at radius 3 is 2.61 bits per heavy atom. The Hall–Kier alpha value is -1.48. The fourth-order valence-corrected chi connectivity index (χ4v) is 2.01. The average molecular weight is 306 g/mol. The normalized spacial score (nSPS) is 11.9. The maximum absolute atomic E-state index is 5.82. The van der Waals surface area contributed by atoms with Gasteiger partial charge >= 0.3 is 0 Å². The zero-order chi connectivity index (χ0) is 12.8. The summed E-state index contributed by atoms with van der Waals surface area (Å²) in [6, 6.07) is 18.0. The highest BCUT2D eigenvalue weighted by molar-refractivity contribution is 9.10. The number of nitrogens with one attached hydrogen (secondary N) is 1. The van der Waals surface area contributed by atoms with Crippen molar-refractivity contribution in [2.45, 2.75) is 13.0 Å². The van der Waals surface area contributed by atoms with E-state index in [0.717, 1.165) is 22.5 Å². The van der Waals surface area contributed by atoms with Gasteiger partial charge in [-0.2, -0.15) is 0 Å². The minimum absolute atomic E-state index is 0.111. The van der Waals surface area contributed by atoms with Crippen molar-refractivity contribution in [1.29, 1.82) is 0 Å². The van der Waals surface area contributed by atoms with E-state index in [0.29, 0.717) is 0 Å². The Morgan fingerprint density at radius 1 is 1.11 bits per heavy atom. The van der Waals surface area contributed by atoms with Crippen LogP contribution in [0.25, 0.3) is 0 Å². The summed E-state index contributed by atoms with van der Waals surface area (Å²) in [4.78, 5) is 0. The van der Waals surface area contributed by atoms with Gasteiger partial charge in [0.1, 0.15) is 11.9 Å². The molecule has 0 aliphatic rings. The number of para-hydroxylation sites is 1. The maximum Gasteiger partial charge on any atom is 0.120 e. The van der Waals surface area contributed by atoms with Gasteiger partial charge < -0.3 is 10.1 Å². The number of anilines is 1. The molecule has 0 radical (unpaired) electrons. The van der Waals surface area contributed by atoms with Gasteiger partial charge in [0.15, 0.2) is 0 Å². The molecule has 0 aliphatic carbocycles. The van der Waals surface area contributed by atoms with Gasteiger partial charge in [-0.1, -0.05) is 40.2 Å². The molecule has 1 unspecified atom stereocenters. The SMILES string of the molecule is CC(CNc1ccccc1)Oc1cccc(Br)c1. The van der Waals surface area contributed by atoms with Crippen molar-refractivity contribution >= 4 is 21.6 Å². The van der Waals surface area contributed by atoms with E-state index in [4.69, 9.17) is 4.74 Å². The molecule has 3 heteroatoms. The molecule has 0 bridgehead atoms.